The van der Waals surface area contributed by atoms with E-state index in [4.69, 9.17) is 16.3 Å². The molecule has 0 aliphatic rings. The molecule has 0 fully saturated rings. The molecule has 1 amide bonds. The molecule has 0 aromatic heterocycles. The van der Waals surface area contributed by atoms with Crippen molar-refractivity contribution in [3.05, 3.63) is 29.3 Å². The van der Waals surface area contributed by atoms with Gasteiger partial charge in [0, 0.05) is 28.9 Å². The number of benzene rings is 1. The minimum atomic E-state index is -0.929. The minimum absolute atomic E-state index is 0.0477. The van der Waals surface area contributed by atoms with Crippen LogP contribution in [0.1, 0.15) is 13.3 Å². The van der Waals surface area contributed by atoms with Crippen LogP contribution in [0.15, 0.2) is 24.3 Å². The Kier molecular flexibility index (Phi) is 6.87. The van der Waals surface area contributed by atoms with Gasteiger partial charge in [0.1, 0.15) is 5.75 Å². The molecule has 1 N–H and O–H groups in total. The highest BCUT2D eigenvalue weighted by Gasteiger charge is 2.08. The summed E-state index contributed by atoms with van der Waals surface area (Å²) in [7, 11) is -0.929. The maximum atomic E-state index is 11.5. The normalized spacial score (nSPS) is 13.6. The van der Waals surface area contributed by atoms with E-state index in [0.717, 1.165) is 0 Å². The smallest absolute Gasteiger partial charge is 0.223 e. The summed E-state index contributed by atoms with van der Waals surface area (Å²) >= 11 is 5.92. The fourth-order valence-electron chi connectivity index (χ4n) is 1.28. The van der Waals surface area contributed by atoms with Crippen molar-refractivity contribution in [3.8, 4) is 5.75 Å². The van der Waals surface area contributed by atoms with Gasteiger partial charge in [-0.3, -0.25) is 9.00 Å². The third-order valence-electron chi connectivity index (χ3n) is 2.58. The maximum absolute atomic E-state index is 11.5. The molecule has 4 nitrogen and oxygen atoms in total. The number of hydrogen-bond acceptors (Lipinski definition) is 3. The van der Waals surface area contributed by atoms with Gasteiger partial charge >= 0.3 is 0 Å². The molecule has 0 aliphatic heterocycles. The molecule has 6 heteroatoms. The zero-order valence-electron chi connectivity index (χ0n) is 11.0. The van der Waals surface area contributed by atoms with Crippen LogP contribution >= 0.6 is 11.6 Å². The Balaban J connectivity index is 2.24. The zero-order valence-corrected chi connectivity index (χ0v) is 12.6. The van der Waals surface area contributed by atoms with Crippen molar-refractivity contribution in [1.29, 1.82) is 0 Å². The average molecular weight is 304 g/mol. The molecule has 1 rings (SSSR count). The van der Waals surface area contributed by atoms with Gasteiger partial charge in [0.25, 0.3) is 0 Å². The van der Waals surface area contributed by atoms with Gasteiger partial charge in [0.05, 0.1) is 18.1 Å². The van der Waals surface area contributed by atoms with Crippen LogP contribution in [0.3, 0.4) is 0 Å². The molecule has 1 aromatic rings. The SMILES string of the molecule is C[C@@H](CNC(=O)CCOc1ccccc1Cl)[S@@](C)=O. The van der Waals surface area contributed by atoms with Crippen LogP contribution in [-0.2, 0) is 15.6 Å². The van der Waals surface area contributed by atoms with Crippen molar-refractivity contribution in [3.63, 3.8) is 0 Å². The van der Waals surface area contributed by atoms with Crippen LogP contribution in [0.4, 0.5) is 0 Å². The van der Waals surface area contributed by atoms with E-state index in [1.54, 1.807) is 18.4 Å². The number of hydrogen-bond donors (Lipinski definition) is 1. The number of halogens is 1. The number of rotatable bonds is 7. The van der Waals surface area contributed by atoms with Crippen LogP contribution in [0.25, 0.3) is 0 Å². The van der Waals surface area contributed by atoms with Gasteiger partial charge in [-0.05, 0) is 19.1 Å². The van der Waals surface area contributed by atoms with Crippen LogP contribution in [0.5, 0.6) is 5.75 Å². The van der Waals surface area contributed by atoms with Crippen molar-refractivity contribution in [1.82, 2.24) is 5.32 Å². The predicted molar refractivity (Wildman–Crippen MR) is 78.1 cm³/mol. The van der Waals surface area contributed by atoms with Gasteiger partial charge in [-0.15, -0.1) is 0 Å². The lowest BCUT2D eigenvalue weighted by Gasteiger charge is -2.11. The first-order valence-corrected chi connectivity index (χ1v) is 7.97. The molecule has 0 aliphatic carbocycles. The highest BCUT2D eigenvalue weighted by atomic mass is 35.5. The number of para-hydroxylation sites is 1. The second-order valence-corrected chi connectivity index (χ2v) is 6.35. The molecule has 0 unspecified atom stereocenters. The molecule has 1 aromatic carbocycles. The lowest BCUT2D eigenvalue weighted by molar-refractivity contribution is -0.121. The number of ether oxygens (including phenoxy) is 1. The fourth-order valence-corrected chi connectivity index (χ4v) is 1.79. The van der Waals surface area contributed by atoms with Gasteiger partial charge < -0.3 is 10.1 Å². The minimum Gasteiger partial charge on any atom is -0.491 e. The van der Waals surface area contributed by atoms with E-state index in [0.29, 0.717) is 17.3 Å². The quantitative estimate of drug-likeness (QED) is 0.838. The Hall–Kier alpha value is -1.07. The molecule has 0 saturated heterocycles. The third kappa shape index (κ3) is 6.07. The van der Waals surface area contributed by atoms with Gasteiger partial charge in [-0.1, -0.05) is 23.7 Å². The third-order valence-corrected chi connectivity index (χ3v) is 4.19. The van der Waals surface area contributed by atoms with Crippen LogP contribution in [0.2, 0.25) is 5.02 Å². The number of carbonyl (C=O) groups excluding carboxylic acids is 1. The van der Waals surface area contributed by atoms with E-state index in [2.05, 4.69) is 5.32 Å². The summed E-state index contributed by atoms with van der Waals surface area (Å²) < 4.78 is 16.5. The van der Waals surface area contributed by atoms with E-state index in [9.17, 15) is 9.00 Å². The number of nitrogens with one attached hydrogen (secondary N) is 1. The largest absolute Gasteiger partial charge is 0.491 e. The Bertz CT molecular complexity index is 453. The first-order chi connectivity index (χ1) is 9.00. The molecule has 2 atom stereocenters. The second kappa shape index (κ2) is 8.17. The van der Waals surface area contributed by atoms with Gasteiger partial charge in [-0.2, -0.15) is 0 Å². The second-order valence-electron chi connectivity index (χ2n) is 4.14. The van der Waals surface area contributed by atoms with Crippen molar-refractivity contribution in [2.75, 3.05) is 19.4 Å². The van der Waals surface area contributed by atoms with E-state index in [1.807, 2.05) is 19.1 Å². The van der Waals surface area contributed by atoms with E-state index < -0.39 is 10.8 Å². The van der Waals surface area contributed by atoms with E-state index >= 15 is 0 Å². The van der Waals surface area contributed by atoms with Crippen LogP contribution in [0, 0.1) is 0 Å². The average Bonchev–Trinajstić information content (AvgIpc) is 2.38. The Morgan fingerprint density at radius 1 is 1.47 bits per heavy atom. The lowest BCUT2D eigenvalue weighted by atomic mass is 10.3. The molecular weight excluding hydrogens is 286 g/mol. The van der Waals surface area contributed by atoms with Gasteiger partial charge in [0.2, 0.25) is 5.91 Å². The van der Waals surface area contributed by atoms with Gasteiger partial charge in [0.15, 0.2) is 0 Å². The maximum Gasteiger partial charge on any atom is 0.223 e. The highest BCUT2D eigenvalue weighted by molar-refractivity contribution is 7.84. The van der Waals surface area contributed by atoms with Crippen molar-refractivity contribution in [2.24, 2.45) is 0 Å². The van der Waals surface area contributed by atoms with Crippen LogP contribution < -0.4 is 10.1 Å². The molecule has 0 bridgehead atoms. The van der Waals surface area contributed by atoms with Crippen molar-refractivity contribution >= 4 is 28.3 Å². The Morgan fingerprint density at radius 3 is 2.79 bits per heavy atom. The summed E-state index contributed by atoms with van der Waals surface area (Å²) in [4.78, 5) is 11.5. The fraction of sp³-hybridized carbons (Fsp3) is 0.462. The van der Waals surface area contributed by atoms with E-state index in [1.165, 1.54) is 0 Å². The summed E-state index contributed by atoms with van der Waals surface area (Å²) in [6.45, 7) is 2.50. The zero-order chi connectivity index (χ0) is 14.3. The van der Waals surface area contributed by atoms with Crippen molar-refractivity contribution < 1.29 is 13.7 Å². The summed E-state index contributed by atoms with van der Waals surface area (Å²) in [5.41, 5.74) is 0. The summed E-state index contributed by atoms with van der Waals surface area (Å²) in [6, 6.07) is 7.12. The molecule has 19 heavy (non-hydrogen) atoms. The Morgan fingerprint density at radius 2 is 2.16 bits per heavy atom. The van der Waals surface area contributed by atoms with E-state index in [-0.39, 0.29) is 24.2 Å². The molecule has 0 saturated carbocycles. The molecule has 0 heterocycles. The monoisotopic (exact) mass is 303 g/mol. The summed E-state index contributed by atoms with van der Waals surface area (Å²) in [5, 5.41) is 3.20. The first-order valence-electron chi connectivity index (χ1n) is 5.97. The number of amides is 1. The molecular formula is C13H18ClNO3S. The van der Waals surface area contributed by atoms with Gasteiger partial charge in [-0.25, -0.2) is 0 Å². The summed E-state index contributed by atoms with van der Waals surface area (Å²) in [6.07, 6.45) is 1.87. The molecule has 0 radical (unpaired) electrons. The topological polar surface area (TPSA) is 55.4 Å². The highest BCUT2D eigenvalue weighted by Crippen LogP contribution is 2.22. The first kappa shape index (κ1) is 16.0. The number of carbonyl (C=O) groups is 1. The lowest BCUT2D eigenvalue weighted by Crippen LogP contribution is -2.33. The predicted octanol–water partition coefficient (Wildman–Crippen LogP) is 1.99. The standard InChI is InChI=1S/C13H18ClNO3S/c1-10(19(2)17)9-15-13(16)7-8-18-12-6-4-3-5-11(12)14/h3-6,10H,7-9H2,1-2H3,(H,15,16)/t10-,19+/m0/s1. The van der Waals surface area contributed by atoms with Crippen LogP contribution in [-0.4, -0.2) is 34.8 Å². The Labute approximate surface area is 120 Å². The molecule has 0 spiro atoms. The molecule has 106 valence electrons. The summed E-state index contributed by atoms with van der Waals surface area (Å²) in [5.74, 6) is 0.448. The van der Waals surface area contributed by atoms with Crippen molar-refractivity contribution in [2.45, 2.75) is 18.6 Å².